The lowest BCUT2D eigenvalue weighted by Gasteiger charge is -2.10. The van der Waals surface area contributed by atoms with Gasteiger partial charge in [0.05, 0.1) is 17.1 Å². The van der Waals surface area contributed by atoms with Gasteiger partial charge in [-0.1, -0.05) is 36.4 Å². The number of aryl methyl sites for hydroxylation is 1. The maximum atomic E-state index is 14.2. The van der Waals surface area contributed by atoms with Crippen LogP contribution in [0.15, 0.2) is 78.3 Å². The van der Waals surface area contributed by atoms with Crippen LogP contribution in [0.25, 0.3) is 27.5 Å². The SMILES string of the molecule is Cc1nc2ccccn2c1C(=O)Nc1ccccc1-c1csc(-c2ccccc2F)n1. The Kier molecular flexibility index (Phi) is 4.80. The van der Waals surface area contributed by atoms with E-state index in [0.717, 1.165) is 5.56 Å². The van der Waals surface area contributed by atoms with Gasteiger partial charge in [-0.3, -0.25) is 9.20 Å². The van der Waals surface area contributed by atoms with Gasteiger partial charge in [-0.25, -0.2) is 14.4 Å². The number of para-hydroxylation sites is 1. The van der Waals surface area contributed by atoms with Crippen molar-refractivity contribution >= 4 is 28.6 Å². The van der Waals surface area contributed by atoms with E-state index in [2.05, 4.69) is 15.3 Å². The summed E-state index contributed by atoms with van der Waals surface area (Å²) in [5.41, 5.74) is 4.37. The molecule has 0 aliphatic carbocycles. The number of thiazole rings is 1. The summed E-state index contributed by atoms with van der Waals surface area (Å²) in [6.07, 6.45) is 1.82. The number of hydrogen-bond acceptors (Lipinski definition) is 4. The first-order valence-corrected chi connectivity index (χ1v) is 10.5. The normalized spacial score (nSPS) is 11.0. The van der Waals surface area contributed by atoms with Crippen molar-refractivity contribution < 1.29 is 9.18 Å². The molecule has 152 valence electrons. The molecular weight excluding hydrogens is 411 g/mol. The third kappa shape index (κ3) is 3.49. The third-order valence-corrected chi connectivity index (χ3v) is 5.85. The van der Waals surface area contributed by atoms with Crippen molar-refractivity contribution in [2.75, 3.05) is 5.32 Å². The first-order valence-electron chi connectivity index (χ1n) is 9.66. The molecule has 0 bridgehead atoms. The van der Waals surface area contributed by atoms with Crippen LogP contribution in [0, 0.1) is 12.7 Å². The molecule has 0 saturated carbocycles. The lowest BCUT2D eigenvalue weighted by Crippen LogP contribution is -2.16. The van der Waals surface area contributed by atoms with Crippen molar-refractivity contribution in [3.63, 3.8) is 0 Å². The maximum Gasteiger partial charge on any atom is 0.274 e. The zero-order chi connectivity index (χ0) is 21.4. The highest BCUT2D eigenvalue weighted by molar-refractivity contribution is 7.13. The molecular formula is C24H17FN4OS. The van der Waals surface area contributed by atoms with Gasteiger partial charge in [0, 0.05) is 22.7 Å². The van der Waals surface area contributed by atoms with Crippen molar-refractivity contribution in [2.24, 2.45) is 0 Å². The molecule has 5 aromatic rings. The van der Waals surface area contributed by atoms with Crippen LogP contribution < -0.4 is 5.32 Å². The van der Waals surface area contributed by atoms with Crippen LogP contribution in [0.4, 0.5) is 10.1 Å². The van der Waals surface area contributed by atoms with E-state index in [-0.39, 0.29) is 11.7 Å². The highest BCUT2D eigenvalue weighted by atomic mass is 32.1. The van der Waals surface area contributed by atoms with Gasteiger partial charge in [-0.05, 0) is 37.3 Å². The number of halogens is 1. The topological polar surface area (TPSA) is 59.3 Å². The second kappa shape index (κ2) is 7.77. The Bertz CT molecular complexity index is 1420. The summed E-state index contributed by atoms with van der Waals surface area (Å²) < 4.78 is 15.9. The number of fused-ring (bicyclic) bond motifs is 1. The number of anilines is 1. The number of imidazole rings is 1. The summed E-state index contributed by atoms with van der Waals surface area (Å²) in [7, 11) is 0. The molecule has 0 atom stereocenters. The van der Waals surface area contributed by atoms with Crippen LogP contribution in [0.2, 0.25) is 0 Å². The molecule has 7 heteroatoms. The van der Waals surface area contributed by atoms with E-state index < -0.39 is 0 Å². The van der Waals surface area contributed by atoms with E-state index in [4.69, 9.17) is 0 Å². The average Bonchev–Trinajstić information content (AvgIpc) is 3.38. The first-order chi connectivity index (χ1) is 15.1. The minimum absolute atomic E-state index is 0.256. The van der Waals surface area contributed by atoms with Gasteiger partial charge in [0.2, 0.25) is 0 Å². The van der Waals surface area contributed by atoms with Crippen LogP contribution in [-0.4, -0.2) is 20.3 Å². The Morgan fingerprint density at radius 1 is 0.968 bits per heavy atom. The number of nitrogens with one attached hydrogen (secondary N) is 1. The molecule has 1 amide bonds. The number of hydrogen-bond donors (Lipinski definition) is 1. The monoisotopic (exact) mass is 428 g/mol. The summed E-state index contributed by atoms with van der Waals surface area (Å²) in [6.45, 7) is 1.81. The zero-order valence-corrected chi connectivity index (χ0v) is 17.4. The molecule has 3 heterocycles. The predicted molar refractivity (Wildman–Crippen MR) is 121 cm³/mol. The molecule has 5 nitrogen and oxygen atoms in total. The molecule has 0 saturated heterocycles. The van der Waals surface area contributed by atoms with Crippen LogP contribution >= 0.6 is 11.3 Å². The smallest absolute Gasteiger partial charge is 0.274 e. The van der Waals surface area contributed by atoms with Crippen LogP contribution in [0.5, 0.6) is 0 Å². The van der Waals surface area contributed by atoms with E-state index in [1.807, 2.05) is 61.0 Å². The van der Waals surface area contributed by atoms with Gasteiger partial charge in [-0.15, -0.1) is 11.3 Å². The molecule has 0 aliphatic heterocycles. The molecule has 0 aliphatic rings. The molecule has 5 rings (SSSR count). The molecule has 0 fully saturated rings. The number of rotatable bonds is 4. The van der Waals surface area contributed by atoms with Gasteiger partial charge in [0.15, 0.2) is 0 Å². The first kappa shape index (κ1) is 19.1. The third-order valence-electron chi connectivity index (χ3n) is 4.98. The Balaban J connectivity index is 1.50. The van der Waals surface area contributed by atoms with E-state index in [0.29, 0.717) is 39.0 Å². The standard InChI is InChI=1S/C24H17FN4OS/c1-15-22(29-13-7-6-12-21(29)26-15)23(30)27-19-11-5-3-9-17(19)20-14-31-24(28-20)16-8-2-4-10-18(16)25/h2-14H,1H3,(H,27,30). The Hall–Kier alpha value is -3.84. The highest BCUT2D eigenvalue weighted by Gasteiger charge is 2.19. The van der Waals surface area contributed by atoms with Gasteiger partial charge >= 0.3 is 0 Å². The average molecular weight is 428 g/mol. The van der Waals surface area contributed by atoms with E-state index in [1.165, 1.54) is 17.4 Å². The molecule has 3 aromatic heterocycles. The molecule has 1 N–H and O–H groups in total. The number of nitrogens with zero attached hydrogens (tertiary/aromatic N) is 3. The number of aromatic nitrogens is 3. The number of carbonyl (C=O) groups is 1. The maximum absolute atomic E-state index is 14.2. The Morgan fingerprint density at radius 3 is 2.55 bits per heavy atom. The lowest BCUT2D eigenvalue weighted by atomic mass is 10.1. The Morgan fingerprint density at radius 2 is 1.71 bits per heavy atom. The zero-order valence-electron chi connectivity index (χ0n) is 16.5. The molecule has 0 unspecified atom stereocenters. The minimum atomic E-state index is -0.312. The number of benzene rings is 2. The number of carbonyl (C=O) groups excluding carboxylic acids is 1. The van der Waals surface area contributed by atoms with Crippen molar-refractivity contribution in [1.29, 1.82) is 0 Å². The molecule has 31 heavy (non-hydrogen) atoms. The Labute approximate surface area is 181 Å². The van der Waals surface area contributed by atoms with Crippen molar-refractivity contribution in [1.82, 2.24) is 14.4 Å². The fraction of sp³-hybridized carbons (Fsp3) is 0.0417. The molecule has 0 radical (unpaired) electrons. The fourth-order valence-corrected chi connectivity index (χ4v) is 4.39. The second-order valence-electron chi connectivity index (χ2n) is 6.99. The molecule has 2 aromatic carbocycles. The summed E-state index contributed by atoms with van der Waals surface area (Å²) >= 11 is 1.36. The molecule has 0 spiro atoms. The number of amides is 1. The highest BCUT2D eigenvalue weighted by Crippen LogP contribution is 2.34. The van der Waals surface area contributed by atoms with Gasteiger partial charge in [0.25, 0.3) is 5.91 Å². The van der Waals surface area contributed by atoms with Crippen molar-refractivity contribution in [3.05, 3.63) is 95.5 Å². The summed E-state index contributed by atoms with van der Waals surface area (Å²) in [6, 6.07) is 19.6. The van der Waals surface area contributed by atoms with Crippen LogP contribution in [0.3, 0.4) is 0 Å². The van der Waals surface area contributed by atoms with E-state index in [9.17, 15) is 9.18 Å². The fourth-order valence-electron chi connectivity index (χ4n) is 3.54. The number of pyridine rings is 1. The van der Waals surface area contributed by atoms with E-state index in [1.54, 1.807) is 22.6 Å². The quantitative estimate of drug-likeness (QED) is 0.392. The summed E-state index contributed by atoms with van der Waals surface area (Å²) in [5, 5.41) is 5.45. The minimum Gasteiger partial charge on any atom is -0.320 e. The summed E-state index contributed by atoms with van der Waals surface area (Å²) in [4.78, 5) is 22.2. The van der Waals surface area contributed by atoms with Gasteiger partial charge in [0.1, 0.15) is 22.2 Å². The largest absolute Gasteiger partial charge is 0.320 e. The van der Waals surface area contributed by atoms with Gasteiger partial charge in [-0.2, -0.15) is 0 Å². The predicted octanol–water partition coefficient (Wildman–Crippen LogP) is 5.82. The van der Waals surface area contributed by atoms with Crippen molar-refractivity contribution in [3.8, 4) is 21.8 Å². The van der Waals surface area contributed by atoms with Crippen LogP contribution in [-0.2, 0) is 0 Å². The van der Waals surface area contributed by atoms with Crippen LogP contribution in [0.1, 0.15) is 16.2 Å². The van der Waals surface area contributed by atoms with Gasteiger partial charge < -0.3 is 5.32 Å². The van der Waals surface area contributed by atoms with E-state index >= 15 is 0 Å². The lowest BCUT2D eigenvalue weighted by molar-refractivity contribution is 0.102. The second-order valence-corrected chi connectivity index (χ2v) is 7.85. The summed E-state index contributed by atoms with van der Waals surface area (Å²) in [5.74, 6) is -0.568. The van der Waals surface area contributed by atoms with Crippen molar-refractivity contribution in [2.45, 2.75) is 6.92 Å².